The van der Waals surface area contributed by atoms with E-state index < -0.39 is 20.0 Å². The number of H-pyrrole nitrogens is 2. The van der Waals surface area contributed by atoms with E-state index in [9.17, 15) is 16.8 Å². The number of sulfonamides is 2. The predicted octanol–water partition coefficient (Wildman–Crippen LogP) is 6.74. The van der Waals surface area contributed by atoms with Crippen molar-refractivity contribution in [2.24, 2.45) is 0 Å². The average Bonchev–Trinajstić information content (AvgIpc) is 3.83. The molecular weight excluding hydrogens is 665 g/mol. The first-order valence-electron chi connectivity index (χ1n) is 14.1. The largest absolute Gasteiger partial charge is 0.493 e. The molecule has 11 nitrogen and oxygen atoms in total. The zero-order chi connectivity index (χ0) is 32.5. The van der Waals surface area contributed by atoms with Crippen LogP contribution in [-0.2, 0) is 26.5 Å². The van der Waals surface area contributed by atoms with Gasteiger partial charge in [0.05, 0.1) is 22.0 Å². The van der Waals surface area contributed by atoms with Crippen LogP contribution in [0.3, 0.4) is 0 Å². The van der Waals surface area contributed by atoms with Gasteiger partial charge in [0.2, 0.25) is 0 Å². The van der Waals surface area contributed by atoms with Crippen LogP contribution in [0.15, 0.2) is 87.3 Å². The van der Waals surface area contributed by atoms with Crippen LogP contribution in [0, 0.1) is 20.8 Å². The summed E-state index contributed by atoms with van der Waals surface area (Å²) >= 11 is 2.30. The number of aryl methyl sites for hydroxylation is 3. The fourth-order valence-corrected chi connectivity index (χ4v) is 9.25. The van der Waals surface area contributed by atoms with E-state index in [0.717, 1.165) is 54.9 Å². The van der Waals surface area contributed by atoms with Crippen LogP contribution in [0.2, 0.25) is 0 Å². The third-order valence-corrected chi connectivity index (χ3v) is 12.9. The van der Waals surface area contributed by atoms with Gasteiger partial charge in [-0.1, -0.05) is 12.1 Å². The number of hydrogen-bond acceptors (Lipinski definition) is 9. The first kappa shape index (κ1) is 31.5. The Morgan fingerprint density at radius 3 is 1.80 bits per heavy atom. The monoisotopic (exact) mass is 694 g/mol. The Kier molecular flexibility index (Phi) is 8.74. The molecular formula is C31H30N6O5S4. The first-order chi connectivity index (χ1) is 21.9. The Bertz CT molecular complexity index is 2210. The van der Waals surface area contributed by atoms with Crippen molar-refractivity contribution in [2.75, 3.05) is 16.1 Å². The molecule has 0 bridgehead atoms. The summed E-state index contributed by atoms with van der Waals surface area (Å²) in [6, 6.07) is 22.6. The number of nitrogens with zero attached hydrogens (tertiary/aromatic N) is 2. The molecule has 0 amide bonds. The second-order valence-electron chi connectivity index (χ2n) is 10.6. The second kappa shape index (κ2) is 12.7. The molecule has 4 heterocycles. The number of anilines is 2. The molecule has 0 saturated heterocycles. The van der Waals surface area contributed by atoms with Crippen LogP contribution in [-0.4, -0.2) is 43.8 Å². The average molecular weight is 695 g/mol. The number of nitrogens with one attached hydrogen (secondary N) is 4. The maximum Gasteiger partial charge on any atom is 0.271 e. The van der Waals surface area contributed by atoms with Crippen molar-refractivity contribution in [3.63, 3.8) is 0 Å². The summed E-state index contributed by atoms with van der Waals surface area (Å²) < 4.78 is 63.8. The van der Waals surface area contributed by atoms with Crippen LogP contribution in [0.4, 0.5) is 11.4 Å². The summed E-state index contributed by atoms with van der Waals surface area (Å²) in [6.07, 6.45) is 0.529. The summed E-state index contributed by atoms with van der Waals surface area (Å²) in [5.41, 5.74) is 5.78. The summed E-state index contributed by atoms with van der Waals surface area (Å²) in [4.78, 5) is 1.51. The summed E-state index contributed by atoms with van der Waals surface area (Å²) in [7, 11) is -7.57. The first-order valence-corrected chi connectivity index (χ1v) is 18.7. The fraction of sp³-hybridized carbons (Fsp3) is 0.161. The second-order valence-corrected chi connectivity index (χ2v) is 16.6. The Morgan fingerprint density at radius 2 is 1.26 bits per heavy atom. The molecule has 6 aromatic rings. The maximum atomic E-state index is 13.2. The van der Waals surface area contributed by atoms with Crippen molar-refractivity contribution in [1.29, 1.82) is 0 Å². The molecule has 0 fully saturated rings. The molecule has 0 spiro atoms. The summed E-state index contributed by atoms with van der Waals surface area (Å²) in [5, 5.41) is 14.1. The SMILES string of the molecule is Cc1cc(-c2ccc(S(=O)(=O)Nc3ccc(OCCc4ccc(C)c(NS(=O)(=O)c5ccc(-c6cc(C)[nH]n6)s5)c4)cc3)s2)n[nH]1. The van der Waals surface area contributed by atoms with E-state index in [1.54, 1.807) is 48.5 Å². The van der Waals surface area contributed by atoms with Gasteiger partial charge in [-0.05, 0) is 98.6 Å². The van der Waals surface area contributed by atoms with Gasteiger partial charge in [0.15, 0.2) is 0 Å². The molecule has 0 aliphatic rings. The highest BCUT2D eigenvalue weighted by Gasteiger charge is 2.20. The van der Waals surface area contributed by atoms with Gasteiger partial charge in [0.1, 0.15) is 25.6 Å². The lowest BCUT2D eigenvalue weighted by Crippen LogP contribution is -2.13. The maximum absolute atomic E-state index is 13.2. The van der Waals surface area contributed by atoms with Gasteiger partial charge < -0.3 is 4.74 Å². The van der Waals surface area contributed by atoms with Crippen LogP contribution < -0.4 is 14.2 Å². The van der Waals surface area contributed by atoms with Crippen molar-refractivity contribution < 1.29 is 21.6 Å². The van der Waals surface area contributed by atoms with Gasteiger partial charge >= 0.3 is 0 Å². The Hall–Kier alpha value is -4.44. The van der Waals surface area contributed by atoms with Gasteiger partial charge in [-0.15, -0.1) is 22.7 Å². The third kappa shape index (κ3) is 7.17. The smallest absolute Gasteiger partial charge is 0.271 e. The number of aromatic amines is 2. The normalized spacial score (nSPS) is 11.9. The highest BCUT2D eigenvalue weighted by Crippen LogP contribution is 2.33. The lowest BCUT2D eigenvalue weighted by molar-refractivity contribution is 0.322. The van der Waals surface area contributed by atoms with Gasteiger partial charge in [-0.25, -0.2) is 16.8 Å². The zero-order valence-corrected chi connectivity index (χ0v) is 28.3. The fourth-order valence-electron chi connectivity index (χ4n) is 4.53. The van der Waals surface area contributed by atoms with E-state index in [4.69, 9.17) is 4.74 Å². The number of aromatic nitrogens is 4. The van der Waals surface area contributed by atoms with Crippen LogP contribution in [0.25, 0.3) is 21.1 Å². The van der Waals surface area contributed by atoms with Gasteiger partial charge in [0.25, 0.3) is 20.0 Å². The van der Waals surface area contributed by atoms with Gasteiger partial charge in [0, 0.05) is 23.5 Å². The molecule has 15 heteroatoms. The highest BCUT2D eigenvalue weighted by molar-refractivity contribution is 7.95. The van der Waals surface area contributed by atoms with Crippen molar-refractivity contribution in [1.82, 2.24) is 20.4 Å². The molecule has 0 saturated carbocycles. The lowest BCUT2D eigenvalue weighted by atomic mass is 10.1. The number of benzene rings is 2. The third-order valence-electron chi connectivity index (χ3n) is 6.92. The van der Waals surface area contributed by atoms with Crippen molar-refractivity contribution in [2.45, 2.75) is 35.6 Å². The number of thiophene rings is 2. The minimum atomic E-state index is -3.80. The topological polar surface area (TPSA) is 159 Å². The number of ether oxygens (including phenoxy) is 1. The quantitative estimate of drug-likeness (QED) is 0.110. The van der Waals surface area contributed by atoms with E-state index in [2.05, 4.69) is 29.8 Å². The molecule has 2 aromatic carbocycles. The van der Waals surface area contributed by atoms with E-state index >= 15 is 0 Å². The molecule has 6 rings (SSSR count). The van der Waals surface area contributed by atoms with E-state index in [1.807, 2.05) is 51.1 Å². The Balaban J connectivity index is 1.04. The van der Waals surface area contributed by atoms with Crippen molar-refractivity contribution in [3.05, 3.63) is 101 Å². The number of hydrogen-bond donors (Lipinski definition) is 4. The highest BCUT2D eigenvalue weighted by atomic mass is 32.3. The predicted molar refractivity (Wildman–Crippen MR) is 182 cm³/mol. The Labute approximate surface area is 274 Å². The zero-order valence-electron chi connectivity index (χ0n) is 25.0. The molecule has 0 aliphatic heterocycles. The Morgan fingerprint density at radius 1 is 0.696 bits per heavy atom. The molecule has 4 aromatic heterocycles. The molecule has 0 unspecified atom stereocenters. The standard InChI is InChI=1S/C31H30N6O5S4/c1-19-4-5-22(18-25(19)37-46(40,41)31-13-11-29(44-31)27-17-21(3)33-35-27)14-15-42-24-8-6-23(7-9-24)36-45(38,39)30-12-10-28(43-30)26-16-20(2)32-34-26/h4-13,16-18,36-37H,14-15H2,1-3H3,(H,32,34)(H,33,35). The lowest BCUT2D eigenvalue weighted by Gasteiger charge is -2.12. The van der Waals surface area contributed by atoms with Crippen molar-refractivity contribution in [3.8, 4) is 26.9 Å². The minimum Gasteiger partial charge on any atom is -0.493 e. The minimum absolute atomic E-state index is 0.187. The number of rotatable bonds is 12. The molecule has 238 valence electrons. The van der Waals surface area contributed by atoms with Crippen molar-refractivity contribution >= 4 is 54.1 Å². The molecule has 0 aliphatic carbocycles. The molecule has 46 heavy (non-hydrogen) atoms. The van der Waals surface area contributed by atoms with Crippen LogP contribution >= 0.6 is 22.7 Å². The van der Waals surface area contributed by atoms with E-state index in [-0.39, 0.29) is 8.42 Å². The van der Waals surface area contributed by atoms with Gasteiger partial charge in [-0.2, -0.15) is 10.2 Å². The van der Waals surface area contributed by atoms with E-state index in [0.29, 0.717) is 41.5 Å². The van der Waals surface area contributed by atoms with Crippen LogP contribution in [0.5, 0.6) is 5.75 Å². The van der Waals surface area contributed by atoms with Crippen LogP contribution in [0.1, 0.15) is 22.5 Å². The molecule has 0 atom stereocenters. The summed E-state index contributed by atoms with van der Waals surface area (Å²) in [5.74, 6) is 0.573. The molecule has 0 radical (unpaired) electrons. The summed E-state index contributed by atoms with van der Waals surface area (Å²) in [6.45, 7) is 5.95. The molecule has 4 N–H and O–H groups in total. The van der Waals surface area contributed by atoms with Gasteiger partial charge in [-0.3, -0.25) is 19.6 Å². The van der Waals surface area contributed by atoms with E-state index in [1.165, 1.54) is 0 Å².